The summed E-state index contributed by atoms with van der Waals surface area (Å²) in [5.74, 6) is -0.0743. The first kappa shape index (κ1) is 24.5. The van der Waals surface area contributed by atoms with Gasteiger partial charge in [0.05, 0.1) is 31.8 Å². The standard InChI is InChI=1S/C28H24O8/c1-4-34-28(31)27-25(18-10-13-22(32-2)24(14-18)33-3)26(30)20-12-11-19(15-23(20)36-27)35-16-21(29)17-8-6-5-7-9-17/h5-15H,4,16H2,1-3H3. The van der Waals surface area contributed by atoms with Crippen LogP contribution in [0.15, 0.2) is 75.9 Å². The summed E-state index contributed by atoms with van der Waals surface area (Å²) < 4.78 is 27.3. The Kier molecular flexibility index (Phi) is 7.34. The molecule has 184 valence electrons. The predicted octanol–water partition coefficient (Wildman–Crippen LogP) is 4.92. The quantitative estimate of drug-likeness (QED) is 0.242. The minimum atomic E-state index is -0.785. The number of carbonyl (C=O) groups excluding carboxylic acids is 2. The zero-order chi connectivity index (χ0) is 25.7. The highest BCUT2D eigenvalue weighted by Gasteiger charge is 2.24. The second kappa shape index (κ2) is 10.8. The molecule has 1 aromatic heterocycles. The van der Waals surface area contributed by atoms with Crippen molar-refractivity contribution in [3.05, 3.63) is 88.3 Å². The molecule has 0 saturated carbocycles. The van der Waals surface area contributed by atoms with Gasteiger partial charge in [-0.25, -0.2) is 4.79 Å². The van der Waals surface area contributed by atoms with Crippen molar-refractivity contribution in [2.45, 2.75) is 6.92 Å². The van der Waals surface area contributed by atoms with Crippen molar-refractivity contribution in [3.8, 4) is 28.4 Å². The summed E-state index contributed by atoms with van der Waals surface area (Å²) in [5.41, 5.74) is 0.652. The van der Waals surface area contributed by atoms with Crippen LogP contribution >= 0.6 is 0 Å². The molecular formula is C28H24O8. The average Bonchev–Trinajstić information content (AvgIpc) is 2.91. The van der Waals surface area contributed by atoms with Gasteiger partial charge in [-0.15, -0.1) is 0 Å². The molecule has 0 bridgehead atoms. The molecule has 0 atom stereocenters. The third-order valence-corrected chi connectivity index (χ3v) is 5.46. The molecule has 0 spiro atoms. The summed E-state index contributed by atoms with van der Waals surface area (Å²) in [6.07, 6.45) is 0. The van der Waals surface area contributed by atoms with Gasteiger partial charge < -0.3 is 23.4 Å². The van der Waals surface area contributed by atoms with Crippen LogP contribution in [0.2, 0.25) is 0 Å². The van der Waals surface area contributed by atoms with Crippen molar-refractivity contribution in [2.24, 2.45) is 0 Å². The van der Waals surface area contributed by atoms with Crippen LogP contribution in [0.3, 0.4) is 0 Å². The Labute approximate surface area is 207 Å². The van der Waals surface area contributed by atoms with Crippen LogP contribution < -0.4 is 19.6 Å². The lowest BCUT2D eigenvalue weighted by Crippen LogP contribution is -2.15. The fourth-order valence-corrected chi connectivity index (χ4v) is 3.71. The van der Waals surface area contributed by atoms with E-state index < -0.39 is 11.4 Å². The molecule has 0 amide bonds. The summed E-state index contributed by atoms with van der Waals surface area (Å²) in [6.45, 7) is 1.55. The Balaban J connectivity index is 1.76. The minimum absolute atomic E-state index is 0.0369. The number of ketones is 1. The number of methoxy groups -OCH3 is 2. The first-order valence-electron chi connectivity index (χ1n) is 11.2. The predicted molar refractivity (Wildman–Crippen MR) is 133 cm³/mol. The number of hydrogen-bond donors (Lipinski definition) is 0. The van der Waals surface area contributed by atoms with Crippen molar-refractivity contribution in [1.82, 2.24) is 0 Å². The Bertz CT molecular complexity index is 1470. The molecule has 36 heavy (non-hydrogen) atoms. The van der Waals surface area contributed by atoms with Crippen molar-refractivity contribution < 1.29 is 33.0 Å². The first-order valence-corrected chi connectivity index (χ1v) is 11.2. The van der Waals surface area contributed by atoms with Gasteiger partial charge in [-0.2, -0.15) is 0 Å². The second-order valence-corrected chi connectivity index (χ2v) is 7.66. The van der Waals surface area contributed by atoms with Crippen LogP contribution in [0.1, 0.15) is 27.8 Å². The van der Waals surface area contributed by atoms with Gasteiger partial charge in [-0.3, -0.25) is 9.59 Å². The normalized spacial score (nSPS) is 10.6. The number of rotatable bonds is 9. The van der Waals surface area contributed by atoms with Crippen molar-refractivity contribution >= 4 is 22.7 Å². The average molecular weight is 488 g/mol. The molecule has 8 nitrogen and oxygen atoms in total. The molecule has 0 saturated heterocycles. The van der Waals surface area contributed by atoms with Crippen LogP contribution in [-0.2, 0) is 4.74 Å². The molecule has 1 heterocycles. The number of ether oxygens (including phenoxy) is 4. The highest BCUT2D eigenvalue weighted by atomic mass is 16.5. The Hall–Kier alpha value is -4.59. The van der Waals surface area contributed by atoms with Gasteiger partial charge in [-0.1, -0.05) is 36.4 Å². The lowest BCUT2D eigenvalue weighted by Gasteiger charge is -2.13. The fraction of sp³-hybridized carbons (Fsp3) is 0.179. The summed E-state index contributed by atoms with van der Waals surface area (Å²) in [6, 6.07) is 18.2. The third-order valence-electron chi connectivity index (χ3n) is 5.46. The number of carbonyl (C=O) groups is 2. The molecule has 3 aromatic carbocycles. The van der Waals surface area contributed by atoms with E-state index >= 15 is 0 Å². The Morgan fingerprint density at radius 2 is 1.64 bits per heavy atom. The van der Waals surface area contributed by atoms with Gasteiger partial charge in [0.1, 0.15) is 11.3 Å². The molecular weight excluding hydrogens is 464 g/mol. The summed E-state index contributed by atoms with van der Waals surface area (Å²) in [7, 11) is 2.97. The van der Waals surface area contributed by atoms with E-state index in [0.717, 1.165) is 0 Å². The molecule has 4 rings (SSSR count). The second-order valence-electron chi connectivity index (χ2n) is 7.66. The van der Waals surface area contributed by atoms with Crippen LogP contribution in [0.25, 0.3) is 22.1 Å². The number of Topliss-reactive ketones (excluding diaryl/α,β-unsaturated/α-hetero) is 1. The lowest BCUT2D eigenvalue weighted by atomic mass is 10.0. The topological polar surface area (TPSA) is 101 Å². The maximum Gasteiger partial charge on any atom is 0.375 e. The van der Waals surface area contributed by atoms with Crippen LogP contribution in [0, 0.1) is 0 Å². The zero-order valence-electron chi connectivity index (χ0n) is 20.0. The van der Waals surface area contributed by atoms with Crippen molar-refractivity contribution in [2.75, 3.05) is 27.4 Å². The number of hydrogen-bond acceptors (Lipinski definition) is 8. The highest BCUT2D eigenvalue weighted by molar-refractivity contribution is 5.98. The van der Waals surface area contributed by atoms with Gasteiger partial charge in [0, 0.05) is 11.6 Å². The molecule has 4 aromatic rings. The molecule has 0 aliphatic heterocycles. The third kappa shape index (κ3) is 4.93. The zero-order valence-corrected chi connectivity index (χ0v) is 20.0. The molecule has 0 unspecified atom stereocenters. The Morgan fingerprint density at radius 3 is 2.33 bits per heavy atom. The maximum absolute atomic E-state index is 13.5. The SMILES string of the molecule is CCOC(=O)c1oc2cc(OCC(=O)c3ccccc3)ccc2c(=O)c1-c1ccc(OC)c(OC)c1. The van der Waals surface area contributed by atoms with Crippen molar-refractivity contribution in [3.63, 3.8) is 0 Å². The number of esters is 1. The van der Waals surface area contributed by atoms with Crippen molar-refractivity contribution in [1.29, 1.82) is 0 Å². The monoisotopic (exact) mass is 488 g/mol. The van der Waals surface area contributed by atoms with Crippen LogP contribution in [0.4, 0.5) is 0 Å². The molecule has 0 aliphatic carbocycles. The van der Waals surface area contributed by atoms with Crippen LogP contribution in [-0.4, -0.2) is 39.2 Å². The van der Waals surface area contributed by atoms with Gasteiger partial charge in [0.2, 0.25) is 11.2 Å². The fourth-order valence-electron chi connectivity index (χ4n) is 3.71. The van der Waals surface area contributed by atoms with E-state index in [2.05, 4.69) is 0 Å². The minimum Gasteiger partial charge on any atom is -0.493 e. The van der Waals surface area contributed by atoms with E-state index in [1.165, 1.54) is 26.4 Å². The maximum atomic E-state index is 13.5. The van der Waals surface area contributed by atoms with Gasteiger partial charge in [-0.05, 0) is 36.8 Å². The molecule has 0 aliphatic rings. The smallest absolute Gasteiger partial charge is 0.375 e. The van der Waals surface area contributed by atoms with Gasteiger partial charge in [0.25, 0.3) is 0 Å². The van der Waals surface area contributed by atoms with Gasteiger partial charge in [0.15, 0.2) is 23.9 Å². The summed E-state index contributed by atoms with van der Waals surface area (Å²) >= 11 is 0. The number of fused-ring (bicyclic) bond motifs is 1. The van der Waals surface area contributed by atoms with Gasteiger partial charge >= 0.3 is 5.97 Å². The first-order chi connectivity index (χ1) is 17.5. The molecule has 8 heteroatoms. The largest absolute Gasteiger partial charge is 0.493 e. The van der Waals surface area contributed by atoms with E-state index in [1.807, 2.05) is 6.07 Å². The molecule has 0 N–H and O–H groups in total. The molecule has 0 fully saturated rings. The van der Waals surface area contributed by atoms with E-state index in [-0.39, 0.29) is 41.3 Å². The van der Waals surface area contributed by atoms with E-state index in [9.17, 15) is 14.4 Å². The summed E-state index contributed by atoms with van der Waals surface area (Å²) in [4.78, 5) is 38.7. The summed E-state index contributed by atoms with van der Waals surface area (Å²) in [5, 5.41) is 0.231. The van der Waals surface area contributed by atoms with E-state index in [4.69, 9.17) is 23.4 Å². The van der Waals surface area contributed by atoms with Crippen LogP contribution in [0.5, 0.6) is 17.2 Å². The Morgan fingerprint density at radius 1 is 0.889 bits per heavy atom. The van der Waals surface area contributed by atoms with E-state index in [0.29, 0.717) is 28.4 Å². The highest BCUT2D eigenvalue weighted by Crippen LogP contribution is 2.34. The molecule has 0 radical (unpaired) electrons. The van der Waals surface area contributed by atoms with E-state index in [1.54, 1.807) is 55.5 Å². The lowest BCUT2D eigenvalue weighted by molar-refractivity contribution is 0.0492. The number of benzene rings is 3.